The minimum Gasteiger partial charge on any atom is -0.326 e. The van der Waals surface area contributed by atoms with E-state index in [-0.39, 0.29) is 17.7 Å². The fourth-order valence-electron chi connectivity index (χ4n) is 5.49. The van der Waals surface area contributed by atoms with Crippen molar-refractivity contribution < 1.29 is 4.79 Å². The van der Waals surface area contributed by atoms with Crippen molar-refractivity contribution in [3.63, 3.8) is 0 Å². The van der Waals surface area contributed by atoms with E-state index in [0.717, 1.165) is 12.1 Å². The smallest absolute Gasteiger partial charge is 0.228 e. The van der Waals surface area contributed by atoms with Gasteiger partial charge in [-0.1, -0.05) is 79.6 Å². The van der Waals surface area contributed by atoms with Crippen molar-refractivity contribution in [3.8, 4) is 0 Å². The molecule has 0 spiro atoms. The molecule has 2 bridgehead atoms. The molecule has 0 saturated carbocycles. The Morgan fingerprint density at radius 3 is 1.79 bits per heavy atom. The third-order valence-electron chi connectivity index (χ3n) is 6.67. The van der Waals surface area contributed by atoms with Crippen LogP contribution in [0.4, 0.5) is 5.69 Å². The van der Waals surface area contributed by atoms with E-state index in [9.17, 15) is 4.79 Å². The molecule has 28 heavy (non-hydrogen) atoms. The van der Waals surface area contributed by atoms with Crippen LogP contribution in [-0.2, 0) is 4.79 Å². The number of anilines is 1. The summed E-state index contributed by atoms with van der Waals surface area (Å²) < 4.78 is 0. The summed E-state index contributed by atoms with van der Waals surface area (Å²) in [6.07, 6.45) is 0.996. The molecule has 140 valence electrons. The first-order valence-corrected chi connectivity index (χ1v) is 10.2. The molecule has 3 aromatic rings. The van der Waals surface area contributed by atoms with E-state index in [1.54, 1.807) is 0 Å². The lowest BCUT2D eigenvalue weighted by molar-refractivity contribution is -0.122. The zero-order chi connectivity index (χ0) is 19.3. The summed E-state index contributed by atoms with van der Waals surface area (Å²) in [5, 5.41) is 3.21. The van der Waals surface area contributed by atoms with Crippen LogP contribution >= 0.6 is 0 Å². The van der Waals surface area contributed by atoms with Gasteiger partial charge in [-0.2, -0.15) is 0 Å². The van der Waals surface area contributed by atoms with Gasteiger partial charge in [0.25, 0.3) is 0 Å². The lowest BCUT2D eigenvalue weighted by Crippen LogP contribution is -2.45. The summed E-state index contributed by atoms with van der Waals surface area (Å²) in [5.41, 5.74) is 7.58. The van der Waals surface area contributed by atoms with Crippen LogP contribution in [0, 0.1) is 18.8 Å². The maximum Gasteiger partial charge on any atom is 0.228 e. The molecule has 6 rings (SSSR count). The minimum atomic E-state index is -0.0406. The van der Waals surface area contributed by atoms with Crippen LogP contribution in [0.2, 0.25) is 0 Å². The van der Waals surface area contributed by atoms with E-state index in [2.05, 4.69) is 67.7 Å². The van der Waals surface area contributed by atoms with Crippen molar-refractivity contribution in [1.29, 1.82) is 0 Å². The second kappa shape index (κ2) is 6.63. The molecule has 0 saturated heterocycles. The molecule has 0 heterocycles. The topological polar surface area (TPSA) is 29.1 Å². The Morgan fingerprint density at radius 2 is 1.29 bits per heavy atom. The maximum atomic E-state index is 13.5. The summed E-state index contributed by atoms with van der Waals surface area (Å²) in [6, 6.07) is 25.5. The molecular weight excluding hydrogens is 342 g/mol. The van der Waals surface area contributed by atoms with Gasteiger partial charge in [0.15, 0.2) is 0 Å². The number of hydrogen-bond donors (Lipinski definition) is 1. The predicted molar refractivity (Wildman–Crippen MR) is 114 cm³/mol. The fourth-order valence-corrected chi connectivity index (χ4v) is 5.49. The second-order valence-corrected chi connectivity index (χ2v) is 8.17. The van der Waals surface area contributed by atoms with Gasteiger partial charge in [0.05, 0.1) is 5.92 Å². The van der Waals surface area contributed by atoms with E-state index in [1.165, 1.54) is 27.8 Å². The number of carbonyl (C=O) groups excluding carboxylic acids is 1. The van der Waals surface area contributed by atoms with Crippen LogP contribution in [0.1, 0.15) is 53.0 Å². The van der Waals surface area contributed by atoms with E-state index in [0.29, 0.717) is 11.8 Å². The minimum absolute atomic E-state index is 0.0406. The second-order valence-electron chi connectivity index (χ2n) is 8.17. The Bertz CT molecular complexity index is 989. The van der Waals surface area contributed by atoms with E-state index in [1.807, 2.05) is 24.3 Å². The van der Waals surface area contributed by atoms with Gasteiger partial charge in [0.1, 0.15) is 0 Å². The number of amides is 1. The molecule has 3 aliphatic carbocycles. The molecule has 2 heteroatoms. The van der Waals surface area contributed by atoms with Gasteiger partial charge in [0.2, 0.25) is 5.91 Å². The number of hydrogen-bond acceptors (Lipinski definition) is 1. The first-order chi connectivity index (χ1) is 13.7. The maximum absolute atomic E-state index is 13.5. The Labute approximate surface area is 166 Å². The van der Waals surface area contributed by atoms with Crippen LogP contribution in [0.5, 0.6) is 0 Å². The van der Waals surface area contributed by atoms with Gasteiger partial charge >= 0.3 is 0 Å². The molecule has 0 fully saturated rings. The van der Waals surface area contributed by atoms with Gasteiger partial charge in [0, 0.05) is 17.5 Å². The van der Waals surface area contributed by atoms with Gasteiger partial charge in [-0.25, -0.2) is 0 Å². The van der Waals surface area contributed by atoms with Crippen LogP contribution in [-0.4, -0.2) is 5.91 Å². The normalized spacial score (nSPS) is 24.4. The zero-order valence-corrected chi connectivity index (χ0v) is 16.4. The number of fused-ring (bicyclic) bond motifs is 1. The Balaban J connectivity index is 1.61. The summed E-state index contributed by atoms with van der Waals surface area (Å²) in [7, 11) is 0. The monoisotopic (exact) mass is 367 g/mol. The quantitative estimate of drug-likeness (QED) is 0.616. The van der Waals surface area contributed by atoms with E-state index in [4.69, 9.17) is 0 Å². The van der Waals surface area contributed by atoms with Crippen LogP contribution in [0.15, 0.2) is 72.8 Å². The van der Waals surface area contributed by atoms with Gasteiger partial charge in [-0.15, -0.1) is 0 Å². The van der Waals surface area contributed by atoms with Gasteiger partial charge < -0.3 is 5.32 Å². The van der Waals surface area contributed by atoms with Crippen molar-refractivity contribution in [2.75, 3.05) is 5.32 Å². The summed E-state index contributed by atoms with van der Waals surface area (Å²) in [4.78, 5) is 13.5. The first-order valence-electron chi connectivity index (χ1n) is 10.2. The van der Waals surface area contributed by atoms with E-state index >= 15 is 0 Å². The Hall–Kier alpha value is -2.87. The van der Waals surface area contributed by atoms with Gasteiger partial charge in [-0.05, 0) is 47.2 Å². The number of aryl methyl sites for hydroxylation is 1. The van der Waals surface area contributed by atoms with Crippen molar-refractivity contribution in [1.82, 2.24) is 0 Å². The first kappa shape index (κ1) is 17.2. The summed E-state index contributed by atoms with van der Waals surface area (Å²) in [5.74, 6) is 0.861. The number of carbonyl (C=O) groups is 1. The SMILES string of the molecule is CC[C@@H]1C2c3ccccc3C(c3ccccc32)[C@@H]1C(=O)Nc1ccc(C)cc1. The largest absolute Gasteiger partial charge is 0.326 e. The number of nitrogens with one attached hydrogen (secondary N) is 1. The highest BCUT2D eigenvalue weighted by Crippen LogP contribution is 2.59. The standard InChI is InChI=1S/C26H25NO/c1-3-18-23-19-8-4-6-10-21(19)24(22-11-7-5-9-20(22)23)25(18)26(28)27-17-14-12-16(2)13-15-17/h4-15,18,23-25H,3H2,1-2H3,(H,27,28)/t18-,23?,24?,25-/m1/s1. The molecular formula is C26H25NO. The Kier molecular flexibility index (Phi) is 4.08. The molecule has 0 radical (unpaired) electrons. The molecule has 1 amide bonds. The summed E-state index contributed by atoms with van der Waals surface area (Å²) in [6.45, 7) is 4.29. The Morgan fingerprint density at radius 1 is 0.786 bits per heavy atom. The zero-order valence-electron chi connectivity index (χ0n) is 16.4. The van der Waals surface area contributed by atoms with Crippen molar-refractivity contribution in [2.45, 2.75) is 32.1 Å². The third-order valence-corrected chi connectivity index (χ3v) is 6.67. The molecule has 0 unspecified atom stereocenters. The molecule has 3 aliphatic rings. The molecule has 0 aliphatic heterocycles. The molecule has 2 nitrogen and oxygen atoms in total. The lowest BCUT2D eigenvalue weighted by Gasteiger charge is -2.50. The fraction of sp³-hybridized carbons (Fsp3) is 0.269. The number of rotatable bonds is 3. The van der Waals surface area contributed by atoms with Crippen molar-refractivity contribution in [2.24, 2.45) is 11.8 Å². The van der Waals surface area contributed by atoms with Crippen LogP contribution in [0.25, 0.3) is 0 Å². The van der Waals surface area contributed by atoms with Crippen LogP contribution in [0.3, 0.4) is 0 Å². The van der Waals surface area contributed by atoms with Crippen molar-refractivity contribution in [3.05, 3.63) is 101 Å². The summed E-state index contributed by atoms with van der Waals surface area (Å²) >= 11 is 0. The average Bonchev–Trinajstić information content (AvgIpc) is 2.74. The molecule has 0 aromatic heterocycles. The molecule has 1 N–H and O–H groups in total. The van der Waals surface area contributed by atoms with Crippen LogP contribution < -0.4 is 5.32 Å². The highest BCUT2D eigenvalue weighted by Gasteiger charge is 2.51. The molecule has 3 aromatic carbocycles. The third kappa shape index (κ3) is 2.51. The predicted octanol–water partition coefficient (Wildman–Crippen LogP) is 5.87. The highest BCUT2D eigenvalue weighted by molar-refractivity contribution is 5.94. The highest BCUT2D eigenvalue weighted by atomic mass is 16.1. The van der Waals surface area contributed by atoms with Gasteiger partial charge in [-0.3, -0.25) is 4.79 Å². The van der Waals surface area contributed by atoms with E-state index < -0.39 is 0 Å². The lowest BCUT2D eigenvalue weighted by atomic mass is 9.53. The number of benzene rings is 3. The molecule has 2 atom stereocenters. The average molecular weight is 367 g/mol. The van der Waals surface area contributed by atoms with Crippen molar-refractivity contribution >= 4 is 11.6 Å².